The van der Waals surface area contributed by atoms with Gasteiger partial charge in [0.2, 0.25) is 0 Å². The monoisotopic (exact) mass is 490 g/mol. The standard InChI is InChI=1S/C27H20Cl2N2O3/c28-20-7-3-17(4-8-20)24-15-21(11-12-30-24)31-27(32)18-5-9-22(10-6-18)34-26-16-25-19(14-23(26)29)2-1-13-33-25/h3-12,14-16H,1-2,13H2,(H,30,31,32). The van der Waals surface area contributed by atoms with Gasteiger partial charge in [-0.05, 0) is 73.0 Å². The highest BCUT2D eigenvalue weighted by molar-refractivity contribution is 6.32. The van der Waals surface area contributed by atoms with Gasteiger partial charge in [-0.25, -0.2) is 0 Å². The summed E-state index contributed by atoms with van der Waals surface area (Å²) in [4.78, 5) is 17.1. The first kappa shape index (κ1) is 22.3. The normalized spacial score (nSPS) is 12.4. The highest BCUT2D eigenvalue weighted by atomic mass is 35.5. The number of pyridine rings is 1. The van der Waals surface area contributed by atoms with E-state index in [0.29, 0.717) is 39.4 Å². The van der Waals surface area contributed by atoms with Crippen LogP contribution >= 0.6 is 23.2 Å². The average Bonchev–Trinajstić information content (AvgIpc) is 2.85. The number of fused-ring (bicyclic) bond motifs is 1. The van der Waals surface area contributed by atoms with Crippen LogP contribution in [0.3, 0.4) is 0 Å². The minimum atomic E-state index is -0.236. The van der Waals surface area contributed by atoms with Crippen molar-refractivity contribution >= 4 is 34.8 Å². The number of ether oxygens (including phenoxy) is 2. The predicted molar refractivity (Wildman–Crippen MR) is 134 cm³/mol. The number of halogens is 2. The van der Waals surface area contributed by atoms with Crippen LogP contribution in [0.2, 0.25) is 10.0 Å². The number of nitrogens with zero attached hydrogens (tertiary/aromatic N) is 1. The third kappa shape index (κ3) is 5.01. The Bertz CT molecular complexity index is 1340. The second-order valence-corrected chi connectivity index (χ2v) is 8.70. The number of benzene rings is 3. The zero-order valence-electron chi connectivity index (χ0n) is 18.1. The Balaban J connectivity index is 1.27. The summed E-state index contributed by atoms with van der Waals surface area (Å²) in [6, 6.07) is 21.5. The smallest absolute Gasteiger partial charge is 0.255 e. The van der Waals surface area contributed by atoms with Crippen LogP contribution in [0.1, 0.15) is 22.3 Å². The maximum absolute atomic E-state index is 12.8. The Morgan fingerprint density at radius 2 is 1.76 bits per heavy atom. The van der Waals surface area contributed by atoms with Crippen molar-refractivity contribution in [2.45, 2.75) is 12.8 Å². The van der Waals surface area contributed by atoms with Crippen molar-refractivity contribution < 1.29 is 14.3 Å². The molecular weight excluding hydrogens is 471 g/mol. The Labute approximate surface area is 207 Å². The third-order valence-corrected chi connectivity index (χ3v) is 6.01. The highest BCUT2D eigenvalue weighted by Crippen LogP contribution is 2.37. The summed E-state index contributed by atoms with van der Waals surface area (Å²) in [6.07, 6.45) is 3.58. The summed E-state index contributed by atoms with van der Waals surface area (Å²) in [5, 5.41) is 4.09. The molecule has 0 spiro atoms. The van der Waals surface area contributed by atoms with Crippen molar-refractivity contribution in [3.8, 4) is 28.5 Å². The molecule has 4 aromatic rings. The van der Waals surface area contributed by atoms with E-state index in [9.17, 15) is 4.79 Å². The molecule has 0 fully saturated rings. The van der Waals surface area contributed by atoms with E-state index in [2.05, 4.69) is 10.3 Å². The van der Waals surface area contributed by atoms with Gasteiger partial charge >= 0.3 is 0 Å². The molecule has 3 aromatic carbocycles. The fraction of sp³-hybridized carbons (Fsp3) is 0.111. The summed E-state index contributed by atoms with van der Waals surface area (Å²) in [7, 11) is 0. The van der Waals surface area contributed by atoms with Crippen LogP contribution in [-0.2, 0) is 6.42 Å². The number of carbonyl (C=O) groups excluding carboxylic acids is 1. The lowest BCUT2D eigenvalue weighted by Crippen LogP contribution is -2.11. The maximum atomic E-state index is 12.8. The Kier molecular flexibility index (Phi) is 6.39. The number of aromatic nitrogens is 1. The zero-order chi connectivity index (χ0) is 23.5. The number of nitrogens with one attached hydrogen (secondary N) is 1. The Morgan fingerprint density at radius 3 is 2.56 bits per heavy atom. The number of aryl methyl sites for hydroxylation is 1. The van der Waals surface area contributed by atoms with E-state index in [0.717, 1.165) is 35.4 Å². The number of hydrogen-bond acceptors (Lipinski definition) is 4. The summed E-state index contributed by atoms with van der Waals surface area (Å²) in [5.74, 6) is 1.66. The molecule has 7 heteroatoms. The molecule has 34 heavy (non-hydrogen) atoms. The van der Waals surface area contributed by atoms with Gasteiger partial charge in [0.25, 0.3) is 5.91 Å². The van der Waals surface area contributed by atoms with E-state index >= 15 is 0 Å². The van der Waals surface area contributed by atoms with Crippen molar-refractivity contribution in [3.05, 3.63) is 100 Å². The maximum Gasteiger partial charge on any atom is 0.255 e. The van der Waals surface area contributed by atoms with Crippen LogP contribution in [0.4, 0.5) is 5.69 Å². The molecule has 0 saturated heterocycles. The molecule has 170 valence electrons. The van der Waals surface area contributed by atoms with Crippen LogP contribution in [0.25, 0.3) is 11.3 Å². The van der Waals surface area contributed by atoms with E-state index in [-0.39, 0.29) is 5.91 Å². The molecule has 0 unspecified atom stereocenters. The number of amides is 1. The van der Waals surface area contributed by atoms with Gasteiger partial charge in [-0.2, -0.15) is 0 Å². The number of anilines is 1. The number of rotatable bonds is 5. The van der Waals surface area contributed by atoms with Gasteiger partial charge in [0.1, 0.15) is 17.2 Å². The topological polar surface area (TPSA) is 60.5 Å². The molecule has 0 bridgehead atoms. The van der Waals surface area contributed by atoms with E-state index in [1.165, 1.54) is 0 Å². The fourth-order valence-corrected chi connectivity index (χ4v) is 4.07. The molecule has 1 aliphatic rings. The van der Waals surface area contributed by atoms with E-state index in [4.69, 9.17) is 32.7 Å². The van der Waals surface area contributed by atoms with Crippen molar-refractivity contribution in [1.82, 2.24) is 4.98 Å². The molecule has 0 atom stereocenters. The molecule has 1 aliphatic heterocycles. The van der Waals surface area contributed by atoms with Crippen molar-refractivity contribution in [1.29, 1.82) is 0 Å². The van der Waals surface area contributed by atoms with Crippen molar-refractivity contribution in [3.63, 3.8) is 0 Å². The number of hydrogen-bond donors (Lipinski definition) is 1. The van der Waals surface area contributed by atoms with Crippen LogP contribution in [0, 0.1) is 0 Å². The zero-order valence-corrected chi connectivity index (χ0v) is 19.6. The second-order valence-electron chi connectivity index (χ2n) is 7.86. The highest BCUT2D eigenvalue weighted by Gasteiger charge is 2.15. The molecule has 5 nitrogen and oxygen atoms in total. The molecular formula is C27H20Cl2N2O3. The molecule has 0 aliphatic carbocycles. The van der Waals surface area contributed by atoms with Gasteiger partial charge in [-0.1, -0.05) is 35.3 Å². The third-order valence-electron chi connectivity index (χ3n) is 5.47. The van der Waals surface area contributed by atoms with Gasteiger partial charge in [-0.15, -0.1) is 0 Å². The minimum absolute atomic E-state index is 0.236. The molecule has 1 aromatic heterocycles. The summed E-state index contributed by atoms with van der Waals surface area (Å²) in [6.45, 7) is 0.691. The first-order chi connectivity index (χ1) is 16.5. The van der Waals surface area contributed by atoms with E-state index < -0.39 is 0 Å². The van der Waals surface area contributed by atoms with E-state index in [1.807, 2.05) is 30.3 Å². The van der Waals surface area contributed by atoms with Gasteiger partial charge < -0.3 is 14.8 Å². The largest absolute Gasteiger partial charge is 0.493 e. The summed E-state index contributed by atoms with van der Waals surface area (Å²) >= 11 is 12.4. The molecule has 0 saturated carbocycles. The predicted octanol–water partition coefficient (Wildman–Crippen LogP) is 7.43. The van der Waals surface area contributed by atoms with Crippen molar-refractivity contribution in [2.24, 2.45) is 0 Å². The van der Waals surface area contributed by atoms with Crippen LogP contribution in [-0.4, -0.2) is 17.5 Å². The minimum Gasteiger partial charge on any atom is -0.493 e. The molecule has 1 amide bonds. The molecule has 0 radical (unpaired) electrons. The lowest BCUT2D eigenvalue weighted by Gasteiger charge is -2.19. The fourth-order valence-electron chi connectivity index (χ4n) is 3.72. The van der Waals surface area contributed by atoms with Gasteiger partial charge in [0.15, 0.2) is 0 Å². The molecule has 5 rings (SSSR count). The van der Waals surface area contributed by atoms with E-state index in [1.54, 1.807) is 48.7 Å². The molecule has 1 N–H and O–H groups in total. The Hall–Kier alpha value is -3.54. The van der Waals surface area contributed by atoms with Crippen LogP contribution in [0.15, 0.2) is 79.0 Å². The van der Waals surface area contributed by atoms with Crippen LogP contribution in [0.5, 0.6) is 17.2 Å². The average molecular weight is 491 g/mol. The second kappa shape index (κ2) is 9.75. The van der Waals surface area contributed by atoms with Crippen LogP contribution < -0.4 is 14.8 Å². The molecule has 2 heterocycles. The van der Waals surface area contributed by atoms with Gasteiger partial charge in [0, 0.05) is 34.1 Å². The lowest BCUT2D eigenvalue weighted by molar-refractivity contribution is 0.102. The SMILES string of the molecule is O=C(Nc1ccnc(-c2ccc(Cl)cc2)c1)c1ccc(Oc2cc3c(cc2Cl)CCCO3)cc1. The summed E-state index contributed by atoms with van der Waals surface area (Å²) in [5.41, 5.74) is 3.88. The van der Waals surface area contributed by atoms with Gasteiger partial charge in [-0.3, -0.25) is 9.78 Å². The summed E-state index contributed by atoms with van der Waals surface area (Å²) < 4.78 is 11.6. The quantitative estimate of drug-likeness (QED) is 0.316. The van der Waals surface area contributed by atoms with Crippen molar-refractivity contribution in [2.75, 3.05) is 11.9 Å². The number of carbonyl (C=O) groups is 1. The first-order valence-electron chi connectivity index (χ1n) is 10.8. The lowest BCUT2D eigenvalue weighted by atomic mass is 10.1. The first-order valence-corrected chi connectivity index (χ1v) is 11.6. The van der Waals surface area contributed by atoms with Gasteiger partial charge in [0.05, 0.1) is 17.3 Å². The Morgan fingerprint density at radius 1 is 0.971 bits per heavy atom.